The van der Waals surface area contributed by atoms with Crippen molar-refractivity contribution in [2.75, 3.05) is 5.32 Å². The predicted octanol–water partition coefficient (Wildman–Crippen LogP) is 3.97. The Morgan fingerprint density at radius 1 is 1.22 bits per heavy atom. The van der Waals surface area contributed by atoms with E-state index in [1.165, 1.54) is 5.56 Å². The van der Waals surface area contributed by atoms with Gasteiger partial charge in [-0.3, -0.25) is 4.79 Å². The van der Waals surface area contributed by atoms with Crippen LogP contribution < -0.4 is 5.32 Å². The first kappa shape index (κ1) is 15.7. The van der Waals surface area contributed by atoms with Crippen molar-refractivity contribution in [1.29, 1.82) is 0 Å². The van der Waals surface area contributed by atoms with Crippen LogP contribution in [0.4, 0.5) is 5.69 Å². The number of nitrogens with zero attached hydrogens (tertiary/aromatic N) is 2. The summed E-state index contributed by atoms with van der Waals surface area (Å²) >= 11 is 2.27. The molecule has 0 unspecified atom stereocenters. The summed E-state index contributed by atoms with van der Waals surface area (Å²) in [6.07, 6.45) is 3.91. The van der Waals surface area contributed by atoms with Crippen molar-refractivity contribution in [1.82, 2.24) is 9.78 Å². The Bertz CT molecular complexity index is 827. The van der Waals surface area contributed by atoms with Crippen LogP contribution >= 0.6 is 22.6 Å². The van der Waals surface area contributed by atoms with Gasteiger partial charge in [0.2, 0.25) is 5.91 Å². The minimum absolute atomic E-state index is 0.0442. The number of amides is 1. The molecule has 2 aromatic carbocycles. The molecule has 0 bridgehead atoms. The van der Waals surface area contributed by atoms with Gasteiger partial charge in [-0.15, -0.1) is 0 Å². The molecule has 0 aliphatic rings. The number of para-hydroxylation sites is 1. The number of halogens is 1. The fourth-order valence-electron chi connectivity index (χ4n) is 2.23. The predicted molar refractivity (Wildman–Crippen MR) is 99.8 cm³/mol. The highest BCUT2D eigenvalue weighted by Gasteiger charge is 2.08. The summed E-state index contributed by atoms with van der Waals surface area (Å²) in [5.41, 5.74) is 3.88. The third kappa shape index (κ3) is 3.98. The summed E-state index contributed by atoms with van der Waals surface area (Å²) in [6, 6.07) is 15.7. The van der Waals surface area contributed by atoms with Gasteiger partial charge < -0.3 is 5.32 Å². The lowest BCUT2D eigenvalue weighted by molar-refractivity contribution is -0.115. The molecule has 0 saturated heterocycles. The molecule has 116 valence electrons. The van der Waals surface area contributed by atoms with Gasteiger partial charge in [-0.2, -0.15) is 5.10 Å². The maximum atomic E-state index is 12.2. The van der Waals surface area contributed by atoms with Crippen molar-refractivity contribution in [3.05, 3.63) is 75.6 Å². The van der Waals surface area contributed by atoms with Gasteiger partial charge in [0.05, 0.1) is 18.3 Å². The molecule has 3 aromatic rings. The van der Waals surface area contributed by atoms with E-state index in [2.05, 4.69) is 33.0 Å². The van der Waals surface area contributed by atoms with Crippen LogP contribution in [0.2, 0.25) is 0 Å². The highest BCUT2D eigenvalue weighted by molar-refractivity contribution is 14.1. The fraction of sp³-hybridized carbons (Fsp3) is 0.111. The molecule has 1 N–H and O–H groups in total. The number of carbonyl (C=O) groups is 1. The Labute approximate surface area is 148 Å². The van der Waals surface area contributed by atoms with E-state index in [0.717, 1.165) is 20.5 Å². The van der Waals surface area contributed by atoms with Crippen molar-refractivity contribution >= 4 is 34.2 Å². The van der Waals surface area contributed by atoms with Crippen LogP contribution in [0.25, 0.3) is 5.69 Å². The standard InChI is InChI=1S/C18H16IN3O/c1-13-7-8-15(10-17(13)19)21-18(23)9-14-11-20-22(12-14)16-5-3-2-4-6-16/h2-8,10-12H,9H2,1H3,(H,21,23). The second-order valence-electron chi connectivity index (χ2n) is 5.32. The minimum Gasteiger partial charge on any atom is -0.326 e. The number of benzene rings is 2. The number of aromatic nitrogens is 2. The van der Waals surface area contributed by atoms with Crippen LogP contribution in [0.3, 0.4) is 0 Å². The van der Waals surface area contributed by atoms with Gasteiger partial charge in [0.1, 0.15) is 0 Å². The van der Waals surface area contributed by atoms with Crippen LogP contribution in [0.5, 0.6) is 0 Å². The first-order valence-corrected chi connectivity index (χ1v) is 8.35. The van der Waals surface area contributed by atoms with E-state index >= 15 is 0 Å². The highest BCUT2D eigenvalue weighted by Crippen LogP contribution is 2.17. The largest absolute Gasteiger partial charge is 0.326 e. The molecule has 5 heteroatoms. The topological polar surface area (TPSA) is 46.9 Å². The highest BCUT2D eigenvalue weighted by atomic mass is 127. The molecule has 0 radical (unpaired) electrons. The van der Waals surface area contributed by atoms with E-state index in [0.29, 0.717) is 6.42 Å². The maximum Gasteiger partial charge on any atom is 0.228 e. The van der Waals surface area contributed by atoms with Crippen molar-refractivity contribution in [2.24, 2.45) is 0 Å². The Balaban J connectivity index is 1.66. The lowest BCUT2D eigenvalue weighted by Gasteiger charge is -2.06. The third-order valence-corrected chi connectivity index (χ3v) is 4.64. The maximum absolute atomic E-state index is 12.2. The molecule has 0 saturated carbocycles. The molecule has 1 aromatic heterocycles. The third-order valence-electron chi connectivity index (χ3n) is 3.48. The Morgan fingerprint density at radius 3 is 2.74 bits per heavy atom. The molecular weight excluding hydrogens is 401 g/mol. The number of anilines is 1. The quantitative estimate of drug-likeness (QED) is 0.654. The monoisotopic (exact) mass is 417 g/mol. The van der Waals surface area contributed by atoms with E-state index in [-0.39, 0.29) is 5.91 Å². The molecule has 0 aliphatic heterocycles. The van der Waals surface area contributed by atoms with Crippen LogP contribution in [-0.2, 0) is 11.2 Å². The first-order valence-electron chi connectivity index (χ1n) is 7.27. The normalized spacial score (nSPS) is 10.5. The SMILES string of the molecule is Cc1ccc(NC(=O)Cc2cnn(-c3ccccc3)c2)cc1I. The molecule has 0 atom stereocenters. The van der Waals surface area contributed by atoms with Gasteiger partial charge in [0.25, 0.3) is 0 Å². The van der Waals surface area contributed by atoms with Crippen molar-refractivity contribution in [2.45, 2.75) is 13.3 Å². The minimum atomic E-state index is -0.0442. The van der Waals surface area contributed by atoms with Gasteiger partial charge in [0, 0.05) is 15.5 Å². The summed E-state index contributed by atoms with van der Waals surface area (Å²) in [7, 11) is 0. The molecule has 1 heterocycles. The van der Waals surface area contributed by atoms with Crippen LogP contribution in [0, 0.1) is 10.5 Å². The molecule has 1 amide bonds. The van der Waals surface area contributed by atoms with E-state index < -0.39 is 0 Å². The fourth-order valence-corrected chi connectivity index (χ4v) is 2.75. The summed E-state index contributed by atoms with van der Waals surface area (Å²) < 4.78 is 2.91. The summed E-state index contributed by atoms with van der Waals surface area (Å²) in [6.45, 7) is 2.05. The average molecular weight is 417 g/mol. The smallest absolute Gasteiger partial charge is 0.228 e. The number of rotatable bonds is 4. The number of aryl methyl sites for hydroxylation is 1. The molecule has 0 spiro atoms. The molecule has 4 nitrogen and oxygen atoms in total. The van der Waals surface area contributed by atoms with Crippen LogP contribution in [0.15, 0.2) is 60.9 Å². The van der Waals surface area contributed by atoms with Crippen molar-refractivity contribution in [3.63, 3.8) is 0 Å². The Kier molecular flexibility index (Phi) is 4.76. The van der Waals surface area contributed by atoms with E-state index in [9.17, 15) is 4.79 Å². The molecule has 0 fully saturated rings. The van der Waals surface area contributed by atoms with Gasteiger partial charge in [-0.1, -0.05) is 24.3 Å². The molecule has 3 rings (SSSR count). The second kappa shape index (κ2) is 6.95. The zero-order chi connectivity index (χ0) is 16.2. The summed E-state index contributed by atoms with van der Waals surface area (Å²) in [4.78, 5) is 12.2. The van der Waals surface area contributed by atoms with E-state index in [1.807, 2.05) is 61.7 Å². The molecule has 23 heavy (non-hydrogen) atoms. The van der Waals surface area contributed by atoms with E-state index in [4.69, 9.17) is 0 Å². The molecule has 0 aliphatic carbocycles. The second-order valence-corrected chi connectivity index (χ2v) is 6.48. The molecular formula is C18H16IN3O. The lowest BCUT2D eigenvalue weighted by atomic mass is 10.2. The van der Waals surface area contributed by atoms with Crippen molar-refractivity contribution in [3.8, 4) is 5.69 Å². The van der Waals surface area contributed by atoms with Crippen molar-refractivity contribution < 1.29 is 4.79 Å². The van der Waals surface area contributed by atoms with Gasteiger partial charge in [0.15, 0.2) is 0 Å². The van der Waals surface area contributed by atoms with Gasteiger partial charge in [-0.05, 0) is 64.9 Å². The van der Waals surface area contributed by atoms with Gasteiger partial charge in [-0.25, -0.2) is 4.68 Å². The number of hydrogen-bond acceptors (Lipinski definition) is 2. The lowest BCUT2D eigenvalue weighted by Crippen LogP contribution is -2.14. The number of carbonyl (C=O) groups excluding carboxylic acids is 1. The van der Waals surface area contributed by atoms with Crippen LogP contribution in [0.1, 0.15) is 11.1 Å². The van der Waals surface area contributed by atoms with E-state index in [1.54, 1.807) is 10.9 Å². The zero-order valence-corrected chi connectivity index (χ0v) is 14.8. The Hall–Kier alpha value is -2.15. The van der Waals surface area contributed by atoms with Gasteiger partial charge >= 0.3 is 0 Å². The number of hydrogen-bond donors (Lipinski definition) is 1. The number of nitrogens with one attached hydrogen (secondary N) is 1. The first-order chi connectivity index (χ1) is 11.1. The summed E-state index contributed by atoms with van der Waals surface area (Å²) in [5.74, 6) is -0.0442. The van der Waals surface area contributed by atoms with Crippen LogP contribution in [-0.4, -0.2) is 15.7 Å². The Morgan fingerprint density at radius 2 is 2.00 bits per heavy atom. The zero-order valence-electron chi connectivity index (χ0n) is 12.7. The summed E-state index contributed by atoms with van der Waals surface area (Å²) in [5, 5.41) is 7.23. The average Bonchev–Trinajstić information content (AvgIpc) is 3.00.